The van der Waals surface area contributed by atoms with Crippen LogP contribution < -0.4 is 0 Å². The first kappa shape index (κ1) is 20.5. The van der Waals surface area contributed by atoms with E-state index in [-0.39, 0.29) is 11.7 Å². The minimum Gasteiger partial charge on any atom is -0.338 e. The minimum absolute atomic E-state index is 0.147. The van der Waals surface area contributed by atoms with Crippen LogP contribution in [0, 0.1) is 11.7 Å². The highest BCUT2D eigenvalue weighted by Gasteiger charge is 2.30. The summed E-state index contributed by atoms with van der Waals surface area (Å²) in [5.74, 6) is 1.07. The van der Waals surface area contributed by atoms with E-state index in [4.69, 9.17) is 0 Å². The van der Waals surface area contributed by atoms with Crippen LogP contribution >= 0.6 is 43.2 Å². The number of amides is 1. The molecule has 1 aromatic carbocycles. The summed E-state index contributed by atoms with van der Waals surface area (Å²) >= 11 is 8.42. The van der Waals surface area contributed by atoms with E-state index in [0.29, 0.717) is 11.8 Å². The molecule has 2 saturated heterocycles. The molecule has 3 heterocycles. The van der Waals surface area contributed by atoms with Gasteiger partial charge in [0.1, 0.15) is 5.82 Å². The molecule has 1 unspecified atom stereocenters. The molecule has 2 fully saturated rings. The van der Waals surface area contributed by atoms with Gasteiger partial charge in [-0.2, -0.15) is 0 Å². The number of hydrogen-bond donors (Lipinski definition) is 0. The second-order valence-electron chi connectivity index (χ2n) is 7.76. The number of rotatable bonds is 4. The Labute approximate surface area is 186 Å². The van der Waals surface area contributed by atoms with Crippen molar-refractivity contribution in [2.24, 2.45) is 5.92 Å². The van der Waals surface area contributed by atoms with Crippen LogP contribution in [0.15, 0.2) is 38.6 Å². The maximum Gasteiger partial charge on any atom is 0.264 e. The molecule has 1 aromatic heterocycles. The lowest BCUT2D eigenvalue weighted by atomic mass is 9.89. The summed E-state index contributed by atoms with van der Waals surface area (Å²) < 4.78 is 15.0. The zero-order valence-electron chi connectivity index (χ0n) is 15.5. The second-order valence-corrected chi connectivity index (χ2v) is 11.0. The number of carbonyl (C=O) groups excluding carboxylic acids is 1. The van der Waals surface area contributed by atoms with Gasteiger partial charge < -0.3 is 9.80 Å². The Bertz CT molecular complexity index is 814. The van der Waals surface area contributed by atoms with E-state index in [1.54, 1.807) is 12.1 Å². The number of likely N-dealkylation sites (tertiary alicyclic amines) is 2. The summed E-state index contributed by atoms with van der Waals surface area (Å²) in [5.41, 5.74) is 1.26. The van der Waals surface area contributed by atoms with E-state index in [2.05, 4.69) is 36.8 Å². The predicted octanol–water partition coefficient (Wildman–Crippen LogP) is 5.75. The number of piperidine rings is 1. The molecule has 0 N–H and O–H groups in total. The lowest BCUT2D eigenvalue weighted by Gasteiger charge is -2.33. The van der Waals surface area contributed by atoms with Crippen LogP contribution in [0.3, 0.4) is 0 Å². The highest BCUT2D eigenvalue weighted by atomic mass is 79.9. The fourth-order valence-electron chi connectivity index (χ4n) is 4.32. The van der Waals surface area contributed by atoms with Crippen LogP contribution in [0.4, 0.5) is 4.39 Å². The average molecular weight is 530 g/mol. The van der Waals surface area contributed by atoms with Crippen molar-refractivity contribution in [3.8, 4) is 0 Å². The fraction of sp³-hybridized carbons (Fsp3) is 0.476. The van der Waals surface area contributed by atoms with Gasteiger partial charge >= 0.3 is 0 Å². The lowest BCUT2D eigenvalue weighted by Crippen LogP contribution is -2.37. The summed E-state index contributed by atoms with van der Waals surface area (Å²) in [5, 5.41) is 0. The van der Waals surface area contributed by atoms with Gasteiger partial charge in [-0.1, -0.05) is 12.1 Å². The number of halogens is 3. The van der Waals surface area contributed by atoms with Crippen molar-refractivity contribution >= 4 is 49.1 Å². The van der Waals surface area contributed by atoms with Crippen molar-refractivity contribution in [2.45, 2.75) is 25.2 Å². The fourth-order valence-corrected chi connectivity index (χ4v) is 6.33. The first-order valence-corrected chi connectivity index (χ1v) is 12.1. The topological polar surface area (TPSA) is 23.6 Å². The van der Waals surface area contributed by atoms with Crippen molar-refractivity contribution < 1.29 is 9.18 Å². The Morgan fingerprint density at radius 2 is 1.82 bits per heavy atom. The Morgan fingerprint density at radius 1 is 1.11 bits per heavy atom. The first-order chi connectivity index (χ1) is 13.5. The molecule has 0 spiro atoms. The zero-order chi connectivity index (χ0) is 19.7. The summed E-state index contributed by atoms with van der Waals surface area (Å²) in [6, 6.07) is 8.90. The Kier molecular flexibility index (Phi) is 6.55. The van der Waals surface area contributed by atoms with E-state index < -0.39 is 0 Å². The summed E-state index contributed by atoms with van der Waals surface area (Å²) in [6.45, 7) is 4.93. The molecule has 1 amide bonds. The summed E-state index contributed by atoms with van der Waals surface area (Å²) in [4.78, 5) is 18.1. The van der Waals surface area contributed by atoms with Crippen LogP contribution in [0.1, 0.15) is 40.4 Å². The third kappa shape index (κ3) is 4.69. The molecule has 4 rings (SSSR count). The molecular formula is C21H23Br2FN2OS. The van der Waals surface area contributed by atoms with E-state index in [9.17, 15) is 9.18 Å². The molecule has 7 heteroatoms. The third-order valence-corrected chi connectivity index (χ3v) is 9.12. The normalized spacial score (nSPS) is 21.4. The van der Waals surface area contributed by atoms with Gasteiger partial charge in [-0.3, -0.25) is 4.79 Å². The predicted molar refractivity (Wildman–Crippen MR) is 119 cm³/mol. The van der Waals surface area contributed by atoms with Crippen LogP contribution in [0.5, 0.6) is 0 Å². The molecule has 0 bridgehead atoms. The first-order valence-electron chi connectivity index (χ1n) is 9.71. The van der Waals surface area contributed by atoms with Gasteiger partial charge in [-0.05, 0) is 99.8 Å². The van der Waals surface area contributed by atoms with Crippen molar-refractivity contribution in [3.05, 3.63) is 54.8 Å². The van der Waals surface area contributed by atoms with E-state index in [0.717, 1.165) is 65.1 Å². The maximum atomic E-state index is 13.1. The molecule has 2 aliphatic heterocycles. The van der Waals surface area contributed by atoms with E-state index in [1.807, 2.05) is 23.1 Å². The summed E-state index contributed by atoms with van der Waals surface area (Å²) in [6.07, 6.45) is 3.33. The Morgan fingerprint density at radius 3 is 2.46 bits per heavy atom. The van der Waals surface area contributed by atoms with Gasteiger partial charge in [0.15, 0.2) is 0 Å². The number of nitrogens with zero attached hydrogens (tertiary/aromatic N) is 2. The molecule has 0 saturated carbocycles. The lowest BCUT2D eigenvalue weighted by molar-refractivity contribution is 0.0786. The second kappa shape index (κ2) is 8.94. The van der Waals surface area contributed by atoms with Crippen molar-refractivity contribution in [2.75, 3.05) is 32.7 Å². The molecule has 3 nitrogen and oxygen atoms in total. The third-order valence-electron chi connectivity index (χ3n) is 5.87. The standard InChI is InChI=1S/C21H23Br2FN2OS/c22-18-11-19(28-20(18)23)21(27)26-10-5-14(13-26)12-25-8-6-16(7-9-25)15-1-3-17(24)4-2-15/h1-4,11,14,16H,5-10,12-13H2. The van der Waals surface area contributed by atoms with Crippen LogP contribution in [0.2, 0.25) is 0 Å². The molecular weight excluding hydrogens is 507 g/mol. The number of hydrogen-bond acceptors (Lipinski definition) is 3. The van der Waals surface area contributed by atoms with Crippen molar-refractivity contribution in [3.63, 3.8) is 0 Å². The van der Waals surface area contributed by atoms with E-state index in [1.165, 1.54) is 16.9 Å². The Balaban J connectivity index is 1.26. The number of benzene rings is 1. The molecule has 0 radical (unpaired) electrons. The average Bonchev–Trinajstić information content (AvgIpc) is 3.29. The van der Waals surface area contributed by atoms with Crippen molar-refractivity contribution in [1.82, 2.24) is 9.80 Å². The van der Waals surface area contributed by atoms with Gasteiger partial charge in [0, 0.05) is 24.1 Å². The van der Waals surface area contributed by atoms with E-state index >= 15 is 0 Å². The van der Waals surface area contributed by atoms with Gasteiger partial charge in [-0.25, -0.2) is 4.39 Å². The van der Waals surface area contributed by atoms with Gasteiger partial charge in [0.05, 0.1) is 8.66 Å². The smallest absolute Gasteiger partial charge is 0.264 e. The molecule has 2 aliphatic rings. The van der Waals surface area contributed by atoms with Crippen LogP contribution in [0.25, 0.3) is 0 Å². The zero-order valence-corrected chi connectivity index (χ0v) is 19.5. The van der Waals surface area contributed by atoms with Crippen molar-refractivity contribution in [1.29, 1.82) is 0 Å². The Hall–Kier alpha value is -0.760. The highest BCUT2D eigenvalue weighted by molar-refractivity contribution is 9.13. The largest absolute Gasteiger partial charge is 0.338 e. The molecule has 150 valence electrons. The molecule has 0 aliphatic carbocycles. The van der Waals surface area contributed by atoms with Crippen LogP contribution in [-0.2, 0) is 0 Å². The van der Waals surface area contributed by atoms with Gasteiger partial charge in [0.2, 0.25) is 0 Å². The highest BCUT2D eigenvalue weighted by Crippen LogP contribution is 2.34. The summed E-state index contributed by atoms with van der Waals surface area (Å²) in [7, 11) is 0. The number of thiophene rings is 1. The number of carbonyl (C=O) groups is 1. The SMILES string of the molecule is O=C(c1cc(Br)c(Br)s1)N1CCC(CN2CCC(c3ccc(F)cc3)CC2)C1. The molecule has 28 heavy (non-hydrogen) atoms. The van der Waals surface area contributed by atoms with Gasteiger partial charge in [0.25, 0.3) is 5.91 Å². The quantitative estimate of drug-likeness (QED) is 0.503. The molecule has 2 aromatic rings. The maximum absolute atomic E-state index is 13.1. The molecule has 1 atom stereocenters. The monoisotopic (exact) mass is 528 g/mol. The minimum atomic E-state index is -0.163. The van der Waals surface area contributed by atoms with Gasteiger partial charge in [-0.15, -0.1) is 11.3 Å². The van der Waals surface area contributed by atoms with Crippen LogP contribution in [-0.4, -0.2) is 48.4 Å².